The van der Waals surface area contributed by atoms with Gasteiger partial charge in [-0.3, -0.25) is 4.79 Å². The van der Waals surface area contributed by atoms with E-state index in [9.17, 15) is 9.59 Å². The van der Waals surface area contributed by atoms with Gasteiger partial charge in [0.25, 0.3) is 0 Å². The Hall–Kier alpha value is -0.660. The van der Waals surface area contributed by atoms with E-state index in [1.54, 1.807) is 0 Å². The Bertz CT molecular complexity index is 414. The maximum atomic E-state index is 11.8. The molecule has 3 amide bonds. The molecule has 140 valence electrons. The van der Waals surface area contributed by atoms with Crippen molar-refractivity contribution < 1.29 is 9.59 Å². The predicted octanol–water partition coefficient (Wildman–Crippen LogP) is 2.12. The summed E-state index contributed by atoms with van der Waals surface area (Å²) in [6, 6.07) is 0.497. The molecule has 2 rings (SSSR count). The van der Waals surface area contributed by atoms with Crippen molar-refractivity contribution in [1.29, 1.82) is 0 Å². The highest BCUT2D eigenvalue weighted by atomic mass is 35.5. The van der Waals surface area contributed by atoms with E-state index in [1.165, 1.54) is 0 Å². The summed E-state index contributed by atoms with van der Waals surface area (Å²) in [4.78, 5) is 23.2. The molecule has 1 unspecified atom stereocenters. The van der Waals surface area contributed by atoms with E-state index in [4.69, 9.17) is 5.73 Å². The lowest BCUT2D eigenvalue weighted by Gasteiger charge is -2.17. The summed E-state index contributed by atoms with van der Waals surface area (Å²) in [6.07, 6.45) is 7.51. The molecule has 0 aromatic rings. The molecule has 5 N–H and O–H groups in total. The summed E-state index contributed by atoms with van der Waals surface area (Å²) in [5.74, 6) is 1.04. The van der Waals surface area contributed by atoms with E-state index < -0.39 is 0 Å². The molecule has 0 spiro atoms. The van der Waals surface area contributed by atoms with Gasteiger partial charge < -0.3 is 21.7 Å². The molecule has 6 nitrogen and oxygen atoms in total. The molecule has 8 heteroatoms. The van der Waals surface area contributed by atoms with Crippen LogP contribution < -0.4 is 21.7 Å². The van der Waals surface area contributed by atoms with Crippen molar-refractivity contribution in [3.05, 3.63) is 0 Å². The van der Waals surface area contributed by atoms with E-state index in [1.807, 2.05) is 11.8 Å². The highest BCUT2D eigenvalue weighted by Gasteiger charge is 2.42. The summed E-state index contributed by atoms with van der Waals surface area (Å²) >= 11 is 1.92. The van der Waals surface area contributed by atoms with Crippen molar-refractivity contribution in [3.8, 4) is 0 Å². The number of halogens is 1. The number of nitrogens with one attached hydrogen (secondary N) is 3. The number of hydrogen-bond acceptors (Lipinski definition) is 4. The number of nitrogens with two attached hydrogens (primary N) is 1. The van der Waals surface area contributed by atoms with E-state index in [0.29, 0.717) is 11.7 Å². The molecule has 2 aliphatic heterocycles. The zero-order chi connectivity index (χ0) is 16.7. The third-order valence-electron chi connectivity index (χ3n) is 4.55. The first-order chi connectivity index (χ1) is 11.1. The zero-order valence-electron chi connectivity index (χ0n) is 14.4. The van der Waals surface area contributed by atoms with Crippen LogP contribution in [0, 0.1) is 0 Å². The van der Waals surface area contributed by atoms with Crippen LogP contribution >= 0.6 is 24.2 Å². The molecule has 0 aromatic carbocycles. The van der Waals surface area contributed by atoms with Crippen LogP contribution in [0.5, 0.6) is 0 Å². The first-order valence-electron chi connectivity index (χ1n) is 8.83. The summed E-state index contributed by atoms with van der Waals surface area (Å²) < 4.78 is 0. The Morgan fingerprint density at radius 3 is 2.88 bits per heavy atom. The van der Waals surface area contributed by atoms with Crippen molar-refractivity contribution in [1.82, 2.24) is 16.0 Å². The van der Waals surface area contributed by atoms with Crippen LogP contribution in [-0.4, -0.2) is 41.2 Å². The van der Waals surface area contributed by atoms with Crippen LogP contribution in [0.2, 0.25) is 0 Å². The molecule has 2 heterocycles. The zero-order valence-corrected chi connectivity index (χ0v) is 16.0. The highest BCUT2D eigenvalue weighted by molar-refractivity contribution is 8.00. The van der Waals surface area contributed by atoms with E-state index in [-0.39, 0.29) is 42.6 Å². The normalized spacial score (nSPS) is 26.1. The summed E-state index contributed by atoms with van der Waals surface area (Å²) in [5, 5.41) is 9.29. The lowest BCUT2D eigenvalue weighted by molar-refractivity contribution is -0.121. The van der Waals surface area contributed by atoms with E-state index >= 15 is 0 Å². The van der Waals surface area contributed by atoms with Gasteiger partial charge in [-0.1, -0.05) is 32.6 Å². The van der Waals surface area contributed by atoms with Gasteiger partial charge in [0, 0.05) is 17.4 Å². The molecule has 2 aliphatic rings. The van der Waals surface area contributed by atoms with Crippen LogP contribution in [0.4, 0.5) is 4.79 Å². The Morgan fingerprint density at radius 2 is 2.12 bits per heavy atom. The van der Waals surface area contributed by atoms with Gasteiger partial charge in [-0.05, 0) is 19.3 Å². The van der Waals surface area contributed by atoms with Gasteiger partial charge in [-0.2, -0.15) is 11.8 Å². The topological polar surface area (TPSA) is 96.2 Å². The number of thioether (sulfide) groups is 1. The van der Waals surface area contributed by atoms with Crippen molar-refractivity contribution in [3.63, 3.8) is 0 Å². The molecule has 0 radical (unpaired) electrons. The van der Waals surface area contributed by atoms with Gasteiger partial charge in [0.1, 0.15) is 0 Å². The second-order valence-corrected chi connectivity index (χ2v) is 7.81. The van der Waals surface area contributed by atoms with Crippen molar-refractivity contribution in [2.45, 2.75) is 81.8 Å². The van der Waals surface area contributed by atoms with E-state index in [2.05, 4.69) is 22.9 Å². The summed E-state index contributed by atoms with van der Waals surface area (Å²) in [7, 11) is 0. The maximum Gasteiger partial charge on any atom is 0.315 e. The van der Waals surface area contributed by atoms with Crippen LogP contribution in [0.3, 0.4) is 0 Å². The standard InChI is InChI=1S/C16H30N4O2S.ClH/c1-2-3-4-8-13(17)19-14(21)9-6-5-7-12-15-11(10-23-12)18-16(22)20-15;/h11-13,15H,2-10,17H2,1H3,(H,19,21)(H2,18,20,22);1H/t11-,12-,13?,15-;/m0./s1. The van der Waals surface area contributed by atoms with Crippen LogP contribution in [0.25, 0.3) is 0 Å². The first-order valence-corrected chi connectivity index (χ1v) is 9.88. The smallest absolute Gasteiger partial charge is 0.315 e. The lowest BCUT2D eigenvalue weighted by Crippen LogP contribution is -2.41. The van der Waals surface area contributed by atoms with Crippen molar-refractivity contribution >= 4 is 36.1 Å². The van der Waals surface area contributed by atoms with E-state index in [0.717, 1.165) is 50.7 Å². The minimum Gasteiger partial charge on any atom is -0.341 e. The largest absolute Gasteiger partial charge is 0.341 e. The Kier molecular flexibility index (Phi) is 9.85. The molecular weight excluding hydrogens is 348 g/mol. The fraction of sp³-hybridized carbons (Fsp3) is 0.875. The third kappa shape index (κ3) is 6.69. The molecule has 0 aliphatic carbocycles. The van der Waals surface area contributed by atoms with Gasteiger partial charge in [0.15, 0.2) is 0 Å². The van der Waals surface area contributed by atoms with Crippen molar-refractivity contribution in [2.75, 3.05) is 5.75 Å². The Balaban J connectivity index is 0.00000288. The minimum atomic E-state index is -0.208. The highest BCUT2D eigenvalue weighted by Crippen LogP contribution is 2.33. The van der Waals surface area contributed by atoms with Gasteiger partial charge >= 0.3 is 6.03 Å². The van der Waals surface area contributed by atoms with Gasteiger partial charge in [0.2, 0.25) is 5.91 Å². The van der Waals surface area contributed by atoms with Gasteiger partial charge in [-0.25, -0.2) is 4.79 Å². The first kappa shape index (κ1) is 21.4. The Labute approximate surface area is 155 Å². The number of rotatable bonds is 10. The number of fused-ring (bicyclic) bond motifs is 1. The monoisotopic (exact) mass is 378 g/mol. The predicted molar refractivity (Wildman–Crippen MR) is 101 cm³/mol. The van der Waals surface area contributed by atoms with Crippen molar-refractivity contribution in [2.24, 2.45) is 5.73 Å². The molecular formula is C16H31ClN4O2S. The molecule has 0 saturated carbocycles. The fourth-order valence-electron chi connectivity index (χ4n) is 3.24. The van der Waals surface area contributed by atoms with Gasteiger partial charge in [0.05, 0.1) is 18.2 Å². The quantitative estimate of drug-likeness (QED) is 0.266. The number of hydrogen-bond donors (Lipinski definition) is 4. The second-order valence-electron chi connectivity index (χ2n) is 6.54. The molecule has 4 atom stereocenters. The number of carbonyl (C=O) groups excluding carboxylic acids is 2. The molecule has 0 bridgehead atoms. The fourth-order valence-corrected chi connectivity index (χ4v) is 4.78. The number of carbonyl (C=O) groups is 2. The average Bonchev–Trinajstić information content (AvgIpc) is 3.03. The molecule has 0 aromatic heterocycles. The maximum absolute atomic E-state index is 11.8. The molecule has 24 heavy (non-hydrogen) atoms. The van der Waals surface area contributed by atoms with Crippen LogP contribution in [0.1, 0.15) is 58.3 Å². The Morgan fingerprint density at radius 1 is 1.33 bits per heavy atom. The van der Waals surface area contributed by atoms with Crippen LogP contribution in [0.15, 0.2) is 0 Å². The second kappa shape index (κ2) is 11.1. The number of unbranched alkanes of at least 4 members (excludes halogenated alkanes) is 3. The average molecular weight is 379 g/mol. The van der Waals surface area contributed by atoms with Crippen LogP contribution in [-0.2, 0) is 4.79 Å². The van der Waals surface area contributed by atoms with Gasteiger partial charge in [-0.15, -0.1) is 12.4 Å². The minimum absolute atomic E-state index is 0. The summed E-state index contributed by atoms with van der Waals surface area (Å²) in [5.41, 5.74) is 5.91. The number of amides is 3. The summed E-state index contributed by atoms with van der Waals surface area (Å²) in [6.45, 7) is 2.15. The SMILES string of the molecule is CCCCCC(N)NC(=O)CCCC[C@@H]1SC[C@@H]2NC(=O)N[C@@H]21.Cl. The third-order valence-corrected chi connectivity index (χ3v) is 6.05. The lowest BCUT2D eigenvalue weighted by atomic mass is 10.0. The molecule has 2 saturated heterocycles. The molecule has 2 fully saturated rings. The number of urea groups is 1.